The van der Waals surface area contributed by atoms with Crippen LogP contribution in [0.15, 0.2) is 36.5 Å². The largest absolute Gasteiger partial charge is 0.478 e. The highest BCUT2D eigenvalue weighted by Gasteiger charge is 2.16. The minimum atomic E-state index is -1.22. The fourth-order valence-electron chi connectivity index (χ4n) is 1.53. The molecular formula is C13H8ClFN2O3. The van der Waals surface area contributed by atoms with E-state index in [1.54, 1.807) is 0 Å². The first-order valence-electron chi connectivity index (χ1n) is 5.44. The molecule has 7 heteroatoms. The molecule has 1 amide bonds. The van der Waals surface area contributed by atoms with Crippen molar-refractivity contribution in [3.05, 3.63) is 58.5 Å². The number of aromatic nitrogens is 1. The number of amides is 1. The SMILES string of the molecule is O=C(Nc1ncccc1C(=O)O)c1ccc(F)cc1Cl. The summed E-state index contributed by atoms with van der Waals surface area (Å²) in [5.74, 6) is -2.57. The zero-order valence-electron chi connectivity index (χ0n) is 9.93. The summed E-state index contributed by atoms with van der Waals surface area (Å²) in [5.41, 5.74) is -0.130. The van der Waals surface area contributed by atoms with Crippen molar-refractivity contribution in [2.75, 3.05) is 5.32 Å². The van der Waals surface area contributed by atoms with Gasteiger partial charge in [0.1, 0.15) is 17.2 Å². The maximum absolute atomic E-state index is 12.9. The number of halogens is 2. The first-order valence-corrected chi connectivity index (χ1v) is 5.81. The number of hydrogen-bond donors (Lipinski definition) is 2. The molecule has 20 heavy (non-hydrogen) atoms. The molecular weight excluding hydrogens is 287 g/mol. The van der Waals surface area contributed by atoms with E-state index in [-0.39, 0.29) is 22.0 Å². The van der Waals surface area contributed by atoms with Crippen molar-refractivity contribution in [3.63, 3.8) is 0 Å². The standard InChI is InChI=1S/C13H8ClFN2O3/c14-10-6-7(15)3-4-8(10)12(18)17-11-9(13(19)20)2-1-5-16-11/h1-6H,(H,19,20)(H,16,17,18). The zero-order valence-corrected chi connectivity index (χ0v) is 10.7. The third kappa shape index (κ3) is 2.92. The maximum Gasteiger partial charge on any atom is 0.339 e. The second-order valence-electron chi connectivity index (χ2n) is 3.78. The number of nitrogens with zero attached hydrogens (tertiary/aromatic N) is 1. The molecule has 5 nitrogen and oxygen atoms in total. The molecule has 2 rings (SSSR count). The number of aromatic carboxylic acids is 1. The molecule has 0 aliphatic rings. The Hall–Kier alpha value is -2.47. The van der Waals surface area contributed by atoms with E-state index in [4.69, 9.17) is 16.7 Å². The van der Waals surface area contributed by atoms with Gasteiger partial charge in [-0.25, -0.2) is 14.2 Å². The van der Waals surface area contributed by atoms with E-state index >= 15 is 0 Å². The molecule has 1 aromatic heterocycles. The molecule has 0 atom stereocenters. The van der Waals surface area contributed by atoms with Crippen LogP contribution in [0.2, 0.25) is 5.02 Å². The minimum absolute atomic E-state index is 0.0232. The number of hydrogen-bond acceptors (Lipinski definition) is 3. The summed E-state index contributed by atoms with van der Waals surface area (Å²) in [6.07, 6.45) is 1.34. The number of rotatable bonds is 3. The van der Waals surface area contributed by atoms with Gasteiger partial charge in [0.2, 0.25) is 0 Å². The normalized spacial score (nSPS) is 10.1. The molecule has 0 bridgehead atoms. The van der Waals surface area contributed by atoms with Crippen LogP contribution in [0.5, 0.6) is 0 Å². The van der Waals surface area contributed by atoms with E-state index < -0.39 is 17.7 Å². The van der Waals surface area contributed by atoms with Gasteiger partial charge in [0.25, 0.3) is 5.91 Å². The summed E-state index contributed by atoms with van der Waals surface area (Å²) in [6.45, 7) is 0. The van der Waals surface area contributed by atoms with Gasteiger partial charge in [-0.15, -0.1) is 0 Å². The van der Waals surface area contributed by atoms with Gasteiger partial charge in [0.05, 0.1) is 10.6 Å². The summed E-state index contributed by atoms with van der Waals surface area (Å²) in [4.78, 5) is 26.7. The van der Waals surface area contributed by atoms with Crippen molar-refractivity contribution in [1.29, 1.82) is 0 Å². The minimum Gasteiger partial charge on any atom is -0.478 e. The molecule has 1 aromatic carbocycles. The fourth-order valence-corrected chi connectivity index (χ4v) is 1.78. The topological polar surface area (TPSA) is 79.3 Å². The van der Waals surface area contributed by atoms with Crippen molar-refractivity contribution >= 4 is 29.3 Å². The number of anilines is 1. The number of carbonyl (C=O) groups excluding carboxylic acids is 1. The lowest BCUT2D eigenvalue weighted by Gasteiger charge is -2.08. The van der Waals surface area contributed by atoms with Crippen LogP contribution in [0.1, 0.15) is 20.7 Å². The Morgan fingerprint density at radius 1 is 1.25 bits per heavy atom. The molecule has 2 N–H and O–H groups in total. The summed E-state index contributed by atoms with van der Waals surface area (Å²) in [5, 5.41) is 11.2. The Kier molecular flexibility index (Phi) is 3.95. The van der Waals surface area contributed by atoms with Crippen molar-refractivity contribution in [1.82, 2.24) is 4.98 Å². The van der Waals surface area contributed by atoms with Crippen LogP contribution in [0.3, 0.4) is 0 Å². The number of pyridine rings is 1. The van der Waals surface area contributed by atoms with Crippen molar-refractivity contribution in [2.24, 2.45) is 0 Å². The molecule has 102 valence electrons. The number of nitrogens with one attached hydrogen (secondary N) is 1. The highest BCUT2D eigenvalue weighted by molar-refractivity contribution is 6.34. The Balaban J connectivity index is 2.30. The van der Waals surface area contributed by atoms with Gasteiger partial charge in [0.15, 0.2) is 0 Å². The lowest BCUT2D eigenvalue weighted by molar-refractivity contribution is 0.0697. The highest BCUT2D eigenvalue weighted by Crippen LogP contribution is 2.19. The summed E-state index contributed by atoms with van der Waals surface area (Å²) in [6, 6.07) is 6.02. The predicted octanol–water partition coefficient (Wildman–Crippen LogP) is 2.82. The van der Waals surface area contributed by atoms with E-state index in [9.17, 15) is 14.0 Å². The third-order valence-electron chi connectivity index (χ3n) is 2.45. The number of carbonyl (C=O) groups is 2. The molecule has 0 spiro atoms. The van der Waals surface area contributed by atoms with Gasteiger partial charge >= 0.3 is 5.97 Å². The molecule has 0 saturated carbocycles. The Morgan fingerprint density at radius 2 is 2.00 bits per heavy atom. The van der Waals surface area contributed by atoms with Crippen LogP contribution in [-0.2, 0) is 0 Å². The van der Waals surface area contributed by atoms with Crippen molar-refractivity contribution in [2.45, 2.75) is 0 Å². The van der Waals surface area contributed by atoms with Crippen LogP contribution >= 0.6 is 11.6 Å². The molecule has 1 heterocycles. The van der Waals surface area contributed by atoms with Crippen molar-refractivity contribution < 1.29 is 19.1 Å². The Morgan fingerprint density at radius 3 is 2.65 bits per heavy atom. The molecule has 0 unspecified atom stereocenters. The second-order valence-corrected chi connectivity index (χ2v) is 4.19. The Bertz CT molecular complexity index is 691. The fraction of sp³-hybridized carbons (Fsp3) is 0. The predicted molar refractivity (Wildman–Crippen MR) is 70.6 cm³/mol. The number of carboxylic acids is 1. The van der Waals surface area contributed by atoms with Crippen LogP contribution in [-0.4, -0.2) is 22.0 Å². The van der Waals surface area contributed by atoms with E-state index in [1.165, 1.54) is 24.4 Å². The van der Waals surface area contributed by atoms with E-state index in [0.717, 1.165) is 12.1 Å². The molecule has 2 aromatic rings. The van der Waals surface area contributed by atoms with Crippen LogP contribution in [0, 0.1) is 5.82 Å². The summed E-state index contributed by atoms with van der Waals surface area (Å²) < 4.78 is 12.9. The number of benzene rings is 1. The first-order chi connectivity index (χ1) is 9.49. The van der Waals surface area contributed by atoms with Gasteiger partial charge in [0, 0.05) is 6.20 Å². The zero-order chi connectivity index (χ0) is 14.7. The lowest BCUT2D eigenvalue weighted by atomic mass is 10.2. The van der Waals surface area contributed by atoms with Gasteiger partial charge in [-0.3, -0.25) is 4.79 Å². The molecule has 0 saturated heterocycles. The highest BCUT2D eigenvalue weighted by atomic mass is 35.5. The van der Waals surface area contributed by atoms with Crippen LogP contribution < -0.4 is 5.32 Å². The molecule has 0 aliphatic heterocycles. The average molecular weight is 295 g/mol. The van der Waals surface area contributed by atoms with Gasteiger partial charge in [-0.05, 0) is 30.3 Å². The van der Waals surface area contributed by atoms with Crippen molar-refractivity contribution in [3.8, 4) is 0 Å². The quantitative estimate of drug-likeness (QED) is 0.912. The molecule has 0 fully saturated rings. The molecule has 0 radical (unpaired) electrons. The number of carboxylic acid groups (broad SMARTS) is 1. The summed E-state index contributed by atoms with van der Waals surface area (Å²) >= 11 is 5.76. The van der Waals surface area contributed by atoms with Crippen LogP contribution in [0.25, 0.3) is 0 Å². The van der Waals surface area contributed by atoms with E-state index in [1.807, 2.05) is 0 Å². The van der Waals surface area contributed by atoms with Gasteiger partial charge in [-0.1, -0.05) is 11.6 Å². The van der Waals surface area contributed by atoms with Gasteiger partial charge in [-0.2, -0.15) is 0 Å². The average Bonchev–Trinajstić information content (AvgIpc) is 2.38. The first kappa shape index (κ1) is 14.0. The smallest absolute Gasteiger partial charge is 0.339 e. The van der Waals surface area contributed by atoms with Gasteiger partial charge < -0.3 is 10.4 Å². The maximum atomic E-state index is 12.9. The van der Waals surface area contributed by atoms with E-state index in [0.29, 0.717) is 0 Å². The summed E-state index contributed by atoms with van der Waals surface area (Å²) in [7, 11) is 0. The molecule has 0 aliphatic carbocycles. The lowest BCUT2D eigenvalue weighted by Crippen LogP contribution is -2.16. The Labute approximate surface area is 118 Å². The second kappa shape index (κ2) is 5.66. The third-order valence-corrected chi connectivity index (χ3v) is 2.76. The monoisotopic (exact) mass is 294 g/mol. The van der Waals surface area contributed by atoms with Crippen LogP contribution in [0.4, 0.5) is 10.2 Å². The van der Waals surface area contributed by atoms with E-state index in [2.05, 4.69) is 10.3 Å².